The maximum atomic E-state index is 11.7. The Kier molecular flexibility index (Phi) is 6.51. The van der Waals surface area contributed by atoms with Gasteiger partial charge in [-0.3, -0.25) is 4.79 Å². The van der Waals surface area contributed by atoms with Gasteiger partial charge in [0.15, 0.2) is 0 Å². The minimum atomic E-state index is -0.244. The molecule has 23 heavy (non-hydrogen) atoms. The Hall–Kier alpha value is -2.46. The van der Waals surface area contributed by atoms with Crippen LogP contribution in [-0.2, 0) is 9.53 Å². The third-order valence-electron chi connectivity index (χ3n) is 3.48. The van der Waals surface area contributed by atoms with E-state index >= 15 is 0 Å². The highest BCUT2D eigenvalue weighted by Crippen LogP contribution is 2.25. The fourth-order valence-electron chi connectivity index (χ4n) is 2.41. The van der Waals surface area contributed by atoms with Gasteiger partial charge >= 0.3 is 0 Å². The van der Waals surface area contributed by atoms with Crippen molar-refractivity contribution in [2.75, 3.05) is 13.2 Å². The van der Waals surface area contributed by atoms with Crippen LogP contribution in [0.1, 0.15) is 30.9 Å². The van der Waals surface area contributed by atoms with E-state index in [9.17, 15) is 4.79 Å². The lowest BCUT2D eigenvalue weighted by atomic mass is 9.88. The van der Waals surface area contributed by atoms with Gasteiger partial charge in [0, 0.05) is 18.2 Å². The molecule has 1 amide bonds. The van der Waals surface area contributed by atoms with E-state index in [2.05, 4.69) is 34.8 Å². The van der Waals surface area contributed by atoms with Crippen LogP contribution in [0, 0.1) is 0 Å². The summed E-state index contributed by atoms with van der Waals surface area (Å²) < 4.78 is 5.08. The average molecular weight is 310 g/mol. The predicted molar refractivity (Wildman–Crippen MR) is 92.5 cm³/mol. The first kappa shape index (κ1) is 16.9. The maximum Gasteiger partial charge on any atom is 0.266 e. The van der Waals surface area contributed by atoms with E-state index in [4.69, 9.17) is 4.74 Å². The van der Waals surface area contributed by atoms with Gasteiger partial charge < -0.3 is 4.74 Å². The van der Waals surface area contributed by atoms with Gasteiger partial charge in [-0.05, 0) is 25.0 Å². The first-order valence-corrected chi connectivity index (χ1v) is 7.73. The minimum absolute atomic E-state index is 0.00444. The van der Waals surface area contributed by atoms with Crippen molar-refractivity contribution >= 4 is 11.6 Å². The number of hydrogen-bond donors (Lipinski definition) is 1. The van der Waals surface area contributed by atoms with Crippen LogP contribution >= 0.6 is 0 Å². The first-order chi connectivity index (χ1) is 11.2. The molecule has 0 fully saturated rings. The third-order valence-corrected chi connectivity index (χ3v) is 3.48. The zero-order chi connectivity index (χ0) is 16.5. The summed E-state index contributed by atoms with van der Waals surface area (Å²) in [6, 6.07) is 20.3. The standard InChI is InChI=1S/C19H22N2O2/c1-3-23-14-18(22)21-20-15(2)19(16-10-6-4-7-11-16)17-12-8-5-9-13-17/h4-13,19H,3,14H2,1-2H3,(H,21,22)/b20-15+. The molecule has 0 aliphatic carbocycles. The Balaban J connectivity index is 2.22. The molecular weight excluding hydrogens is 288 g/mol. The van der Waals surface area contributed by atoms with E-state index in [1.807, 2.05) is 50.2 Å². The SMILES string of the molecule is CCOCC(=O)N/N=C(\C)C(c1ccccc1)c1ccccc1. The van der Waals surface area contributed by atoms with Crippen LogP contribution in [0.15, 0.2) is 65.8 Å². The molecule has 0 spiro atoms. The van der Waals surface area contributed by atoms with Crippen LogP contribution in [0.2, 0.25) is 0 Å². The molecular formula is C19H22N2O2. The van der Waals surface area contributed by atoms with Crippen molar-refractivity contribution in [1.29, 1.82) is 0 Å². The molecule has 0 aliphatic heterocycles. The lowest BCUT2D eigenvalue weighted by Crippen LogP contribution is -2.25. The summed E-state index contributed by atoms with van der Waals surface area (Å²) >= 11 is 0. The molecule has 4 nitrogen and oxygen atoms in total. The van der Waals surface area contributed by atoms with Crippen molar-refractivity contribution in [3.05, 3.63) is 71.8 Å². The lowest BCUT2D eigenvalue weighted by molar-refractivity contribution is -0.125. The molecule has 0 heterocycles. The van der Waals surface area contributed by atoms with Gasteiger partial charge in [-0.15, -0.1) is 0 Å². The number of amides is 1. The summed E-state index contributed by atoms with van der Waals surface area (Å²) in [5.74, 6) is -0.240. The van der Waals surface area contributed by atoms with Crippen molar-refractivity contribution < 1.29 is 9.53 Å². The van der Waals surface area contributed by atoms with Crippen molar-refractivity contribution in [3.63, 3.8) is 0 Å². The minimum Gasteiger partial charge on any atom is -0.372 e. The molecule has 1 N–H and O–H groups in total. The molecule has 0 saturated carbocycles. The second-order valence-corrected chi connectivity index (χ2v) is 5.18. The molecule has 4 heteroatoms. The maximum absolute atomic E-state index is 11.7. The zero-order valence-electron chi connectivity index (χ0n) is 13.5. The second-order valence-electron chi connectivity index (χ2n) is 5.18. The normalized spacial score (nSPS) is 11.5. The molecule has 0 bridgehead atoms. The van der Waals surface area contributed by atoms with Crippen molar-refractivity contribution in [2.45, 2.75) is 19.8 Å². The van der Waals surface area contributed by atoms with E-state index < -0.39 is 0 Å². The number of hydrogen-bond acceptors (Lipinski definition) is 3. The molecule has 2 rings (SSSR count). The van der Waals surface area contributed by atoms with Gasteiger partial charge in [-0.2, -0.15) is 5.10 Å². The number of ether oxygens (including phenoxy) is 1. The Morgan fingerprint density at radius 2 is 1.57 bits per heavy atom. The molecule has 2 aromatic carbocycles. The highest BCUT2D eigenvalue weighted by molar-refractivity contribution is 5.92. The molecule has 120 valence electrons. The molecule has 0 radical (unpaired) electrons. The quantitative estimate of drug-likeness (QED) is 0.630. The number of carbonyl (C=O) groups excluding carboxylic acids is 1. The van der Waals surface area contributed by atoms with E-state index in [0.717, 1.165) is 16.8 Å². The van der Waals surface area contributed by atoms with E-state index in [1.165, 1.54) is 0 Å². The van der Waals surface area contributed by atoms with E-state index in [1.54, 1.807) is 0 Å². The monoisotopic (exact) mass is 310 g/mol. The Labute approximate surface area is 137 Å². The number of nitrogens with one attached hydrogen (secondary N) is 1. The molecule has 0 unspecified atom stereocenters. The van der Waals surface area contributed by atoms with Crippen LogP contribution in [-0.4, -0.2) is 24.8 Å². The number of hydrazone groups is 1. The lowest BCUT2D eigenvalue weighted by Gasteiger charge is -2.18. The number of benzene rings is 2. The van der Waals surface area contributed by atoms with Crippen molar-refractivity contribution in [2.24, 2.45) is 5.10 Å². The average Bonchev–Trinajstić information content (AvgIpc) is 2.60. The first-order valence-electron chi connectivity index (χ1n) is 7.73. The fourth-order valence-corrected chi connectivity index (χ4v) is 2.41. The molecule has 0 aliphatic rings. The Bertz CT molecular complexity index is 599. The second kappa shape index (κ2) is 8.86. The molecule has 0 saturated heterocycles. The molecule has 2 aromatic rings. The van der Waals surface area contributed by atoms with Crippen LogP contribution in [0.5, 0.6) is 0 Å². The summed E-state index contributed by atoms with van der Waals surface area (Å²) in [4.78, 5) is 11.7. The highest BCUT2D eigenvalue weighted by atomic mass is 16.5. The third kappa shape index (κ3) is 5.04. The largest absolute Gasteiger partial charge is 0.372 e. The van der Waals surface area contributed by atoms with Gasteiger partial charge in [0.25, 0.3) is 5.91 Å². The Morgan fingerprint density at radius 3 is 2.04 bits per heavy atom. The number of nitrogens with zero attached hydrogens (tertiary/aromatic N) is 1. The predicted octanol–water partition coefficient (Wildman–Crippen LogP) is 3.35. The molecule has 0 aromatic heterocycles. The number of rotatable bonds is 7. The fraction of sp³-hybridized carbons (Fsp3) is 0.263. The van der Waals surface area contributed by atoms with Crippen LogP contribution in [0.3, 0.4) is 0 Å². The van der Waals surface area contributed by atoms with E-state index in [0.29, 0.717) is 6.61 Å². The Morgan fingerprint density at radius 1 is 1.04 bits per heavy atom. The zero-order valence-corrected chi connectivity index (χ0v) is 13.5. The highest BCUT2D eigenvalue weighted by Gasteiger charge is 2.17. The van der Waals surface area contributed by atoms with Gasteiger partial charge in [-0.25, -0.2) is 5.43 Å². The summed E-state index contributed by atoms with van der Waals surface area (Å²) in [6.07, 6.45) is 0. The van der Waals surface area contributed by atoms with Gasteiger partial charge in [0.05, 0.1) is 0 Å². The smallest absolute Gasteiger partial charge is 0.266 e. The van der Waals surface area contributed by atoms with Crippen LogP contribution in [0.4, 0.5) is 0 Å². The van der Waals surface area contributed by atoms with Crippen molar-refractivity contribution in [1.82, 2.24) is 5.43 Å². The van der Waals surface area contributed by atoms with Crippen LogP contribution in [0.25, 0.3) is 0 Å². The number of carbonyl (C=O) groups is 1. The van der Waals surface area contributed by atoms with Gasteiger partial charge in [0.2, 0.25) is 0 Å². The van der Waals surface area contributed by atoms with Gasteiger partial charge in [0.1, 0.15) is 6.61 Å². The molecule has 0 atom stereocenters. The summed E-state index contributed by atoms with van der Waals surface area (Å²) in [5.41, 5.74) is 5.66. The van der Waals surface area contributed by atoms with Crippen molar-refractivity contribution in [3.8, 4) is 0 Å². The summed E-state index contributed by atoms with van der Waals surface area (Å²) in [7, 11) is 0. The summed E-state index contributed by atoms with van der Waals surface area (Å²) in [6.45, 7) is 4.30. The van der Waals surface area contributed by atoms with Gasteiger partial charge in [-0.1, -0.05) is 60.7 Å². The van der Waals surface area contributed by atoms with Crippen LogP contribution < -0.4 is 5.43 Å². The summed E-state index contributed by atoms with van der Waals surface area (Å²) in [5, 5.41) is 4.27. The topological polar surface area (TPSA) is 50.7 Å². The van der Waals surface area contributed by atoms with E-state index in [-0.39, 0.29) is 18.4 Å².